The molecule has 0 unspecified atom stereocenters. The fourth-order valence-corrected chi connectivity index (χ4v) is 3.22. The summed E-state index contributed by atoms with van der Waals surface area (Å²) < 4.78 is 5.44. The van der Waals surface area contributed by atoms with Crippen LogP contribution in [0.2, 0.25) is 0 Å². The molecule has 3 nitrogen and oxygen atoms in total. The average molecular weight is 326 g/mol. The number of phenolic OH excluding ortho intramolecular Hbond substituents is 1. The van der Waals surface area contributed by atoms with Crippen LogP contribution in [0, 0.1) is 0 Å². The molecule has 0 fully saturated rings. The Morgan fingerprint density at radius 3 is 1.79 bits per heavy atom. The number of benzene rings is 2. The molecular formula is C21H26O3. The molecule has 0 aliphatic rings. The zero-order valence-corrected chi connectivity index (χ0v) is 14.7. The van der Waals surface area contributed by atoms with Crippen molar-refractivity contribution in [2.24, 2.45) is 0 Å². The average Bonchev–Trinajstić information content (AvgIpc) is 2.59. The summed E-state index contributed by atoms with van der Waals surface area (Å²) in [5.74, 6) is 1.85. The molecule has 0 aromatic heterocycles. The van der Waals surface area contributed by atoms with Crippen LogP contribution < -0.4 is 4.74 Å². The van der Waals surface area contributed by atoms with Gasteiger partial charge in [-0.05, 0) is 67.0 Å². The quantitative estimate of drug-likeness (QED) is 0.738. The third kappa shape index (κ3) is 4.60. The molecule has 128 valence electrons. The predicted molar refractivity (Wildman–Crippen MR) is 96.8 cm³/mol. The maximum atomic E-state index is 11.0. The van der Waals surface area contributed by atoms with Gasteiger partial charge in [-0.3, -0.25) is 4.79 Å². The lowest BCUT2D eigenvalue weighted by Gasteiger charge is -2.26. The van der Waals surface area contributed by atoms with Gasteiger partial charge in [0.1, 0.15) is 18.1 Å². The van der Waals surface area contributed by atoms with E-state index in [1.165, 1.54) is 18.1 Å². The van der Waals surface area contributed by atoms with E-state index in [1.54, 1.807) is 12.1 Å². The first-order chi connectivity index (χ1) is 11.5. The Morgan fingerprint density at radius 1 is 0.917 bits per heavy atom. The minimum Gasteiger partial charge on any atom is -0.508 e. The number of ketones is 1. The number of carbonyl (C=O) groups excluding carboxylic acids is 1. The second-order valence-electron chi connectivity index (χ2n) is 6.18. The Kier molecular flexibility index (Phi) is 6.42. The second kappa shape index (κ2) is 8.53. The Hall–Kier alpha value is -2.29. The van der Waals surface area contributed by atoms with Crippen molar-refractivity contribution in [3.05, 3.63) is 59.7 Å². The van der Waals surface area contributed by atoms with E-state index in [0.29, 0.717) is 17.6 Å². The molecule has 0 heterocycles. The Balaban J connectivity index is 2.19. The number of carbonyl (C=O) groups is 1. The summed E-state index contributed by atoms with van der Waals surface area (Å²) in [6, 6.07) is 15.6. The molecule has 0 aliphatic carbocycles. The summed E-state index contributed by atoms with van der Waals surface area (Å²) in [5.41, 5.74) is 2.52. The third-order valence-electron chi connectivity index (χ3n) is 4.44. The van der Waals surface area contributed by atoms with Gasteiger partial charge >= 0.3 is 0 Å². The van der Waals surface area contributed by atoms with Gasteiger partial charge in [-0.15, -0.1) is 0 Å². The van der Waals surface area contributed by atoms with E-state index in [0.717, 1.165) is 18.6 Å². The predicted octanol–water partition coefficient (Wildman–Crippen LogP) is 5.05. The van der Waals surface area contributed by atoms with Gasteiger partial charge < -0.3 is 9.84 Å². The van der Waals surface area contributed by atoms with E-state index in [9.17, 15) is 9.90 Å². The van der Waals surface area contributed by atoms with Crippen molar-refractivity contribution in [2.45, 2.75) is 45.4 Å². The number of hydrogen-bond donors (Lipinski definition) is 1. The molecule has 0 bridgehead atoms. The summed E-state index contributed by atoms with van der Waals surface area (Å²) in [4.78, 5) is 11.0. The lowest BCUT2D eigenvalue weighted by atomic mass is 9.78. The molecule has 1 N–H and O–H groups in total. The van der Waals surface area contributed by atoms with Gasteiger partial charge in [-0.2, -0.15) is 0 Å². The molecule has 0 saturated carbocycles. The van der Waals surface area contributed by atoms with Gasteiger partial charge in [0.25, 0.3) is 0 Å². The van der Waals surface area contributed by atoms with Crippen LogP contribution in [0.25, 0.3) is 0 Å². The van der Waals surface area contributed by atoms with Crippen molar-refractivity contribution in [3.63, 3.8) is 0 Å². The van der Waals surface area contributed by atoms with Crippen molar-refractivity contribution >= 4 is 5.78 Å². The zero-order chi connectivity index (χ0) is 17.5. The summed E-state index contributed by atoms with van der Waals surface area (Å²) in [5, 5.41) is 9.51. The van der Waals surface area contributed by atoms with Crippen LogP contribution in [0.5, 0.6) is 11.5 Å². The molecular weight excluding hydrogens is 300 g/mol. The molecule has 24 heavy (non-hydrogen) atoms. The van der Waals surface area contributed by atoms with Crippen molar-refractivity contribution in [2.75, 3.05) is 6.61 Å². The van der Waals surface area contributed by atoms with Crippen LogP contribution in [0.3, 0.4) is 0 Å². The highest BCUT2D eigenvalue weighted by Crippen LogP contribution is 2.38. The van der Waals surface area contributed by atoms with Crippen LogP contribution in [0.4, 0.5) is 0 Å². The van der Waals surface area contributed by atoms with Crippen molar-refractivity contribution in [3.8, 4) is 11.5 Å². The summed E-state index contributed by atoms with van der Waals surface area (Å²) in [6.45, 7) is 6.03. The molecule has 3 heteroatoms. The maximum Gasteiger partial charge on any atom is 0.167 e. The molecule has 2 aromatic carbocycles. The van der Waals surface area contributed by atoms with E-state index in [2.05, 4.69) is 26.0 Å². The number of aromatic hydroxyl groups is 1. The van der Waals surface area contributed by atoms with E-state index < -0.39 is 0 Å². The van der Waals surface area contributed by atoms with Gasteiger partial charge in [-0.1, -0.05) is 38.1 Å². The minimum atomic E-state index is 0.0175. The summed E-state index contributed by atoms with van der Waals surface area (Å²) in [7, 11) is 0. The molecule has 2 rings (SSSR count). The monoisotopic (exact) mass is 326 g/mol. The number of Topliss-reactive ketones (excluding diaryl/α,β-unsaturated/α-hetero) is 1. The molecule has 2 atom stereocenters. The lowest BCUT2D eigenvalue weighted by molar-refractivity contribution is -0.118. The normalized spacial score (nSPS) is 13.3. The third-order valence-corrected chi connectivity index (χ3v) is 4.44. The smallest absolute Gasteiger partial charge is 0.167 e. The van der Waals surface area contributed by atoms with Gasteiger partial charge in [0, 0.05) is 0 Å². The van der Waals surface area contributed by atoms with Crippen molar-refractivity contribution < 1.29 is 14.6 Å². The topological polar surface area (TPSA) is 46.5 Å². The van der Waals surface area contributed by atoms with Crippen LogP contribution in [0.15, 0.2) is 48.5 Å². The van der Waals surface area contributed by atoms with Gasteiger partial charge in [0.05, 0.1) is 0 Å². The lowest BCUT2D eigenvalue weighted by Crippen LogP contribution is -2.10. The second-order valence-corrected chi connectivity index (χ2v) is 6.18. The Labute approximate surface area is 144 Å². The SMILES string of the molecule is CC[C@H](c1ccc(O)cc1)[C@@H](CC)c1ccc(OCC(C)=O)cc1. The Morgan fingerprint density at radius 2 is 1.38 bits per heavy atom. The fourth-order valence-electron chi connectivity index (χ4n) is 3.22. The molecule has 0 aliphatic heterocycles. The molecule has 0 radical (unpaired) electrons. The molecule has 0 spiro atoms. The van der Waals surface area contributed by atoms with Crippen LogP contribution in [0.1, 0.15) is 56.6 Å². The van der Waals surface area contributed by atoms with E-state index in [-0.39, 0.29) is 12.4 Å². The first-order valence-corrected chi connectivity index (χ1v) is 8.56. The molecule has 2 aromatic rings. The fraction of sp³-hybridized carbons (Fsp3) is 0.381. The van der Waals surface area contributed by atoms with Gasteiger partial charge in [0.2, 0.25) is 0 Å². The highest BCUT2D eigenvalue weighted by Gasteiger charge is 2.22. The van der Waals surface area contributed by atoms with Gasteiger partial charge in [0.15, 0.2) is 5.78 Å². The van der Waals surface area contributed by atoms with Crippen molar-refractivity contribution in [1.29, 1.82) is 0 Å². The van der Waals surface area contributed by atoms with Gasteiger partial charge in [-0.25, -0.2) is 0 Å². The highest BCUT2D eigenvalue weighted by atomic mass is 16.5. The Bertz CT molecular complexity index is 644. The van der Waals surface area contributed by atoms with Crippen molar-refractivity contribution in [1.82, 2.24) is 0 Å². The number of phenols is 1. The standard InChI is InChI=1S/C21H26O3/c1-4-20(16-6-10-18(23)11-7-16)21(5-2)17-8-12-19(13-9-17)24-14-15(3)22/h6-13,20-21,23H,4-5,14H2,1-3H3/t20-,21+/m1/s1. The first kappa shape index (κ1) is 18.1. The number of hydrogen-bond acceptors (Lipinski definition) is 3. The minimum absolute atomic E-state index is 0.0175. The summed E-state index contributed by atoms with van der Waals surface area (Å²) in [6.07, 6.45) is 2.07. The summed E-state index contributed by atoms with van der Waals surface area (Å²) >= 11 is 0. The number of ether oxygens (including phenoxy) is 1. The van der Waals surface area contributed by atoms with E-state index in [1.807, 2.05) is 24.3 Å². The van der Waals surface area contributed by atoms with E-state index >= 15 is 0 Å². The van der Waals surface area contributed by atoms with Crippen LogP contribution in [-0.4, -0.2) is 17.5 Å². The highest BCUT2D eigenvalue weighted by molar-refractivity contribution is 5.77. The zero-order valence-electron chi connectivity index (χ0n) is 14.7. The largest absolute Gasteiger partial charge is 0.508 e. The van der Waals surface area contributed by atoms with E-state index in [4.69, 9.17) is 4.74 Å². The van der Waals surface area contributed by atoms with Crippen LogP contribution in [-0.2, 0) is 4.79 Å². The first-order valence-electron chi connectivity index (χ1n) is 8.56. The maximum absolute atomic E-state index is 11.0. The molecule has 0 amide bonds. The molecule has 0 saturated heterocycles. The van der Waals surface area contributed by atoms with Crippen LogP contribution >= 0.6 is 0 Å². The number of rotatable bonds is 8.